The third-order valence-electron chi connectivity index (χ3n) is 6.88. The predicted molar refractivity (Wildman–Crippen MR) is 127 cm³/mol. The van der Waals surface area contributed by atoms with Crippen LogP contribution in [0.5, 0.6) is 11.5 Å². The fraction of sp³-hybridized carbons (Fsp3) is 0.625. The van der Waals surface area contributed by atoms with Gasteiger partial charge in [-0.3, -0.25) is 9.59 Å². The number of amides is 2. The number of benzene rings is 1. The van der Waals surface area contributed by atoms with Crippen LogP contribution in [0.25, 0.3) is 0 Å². The standard InChI is InChI=1S/C24H35N5O7/c1-14(21(31)26-12-17(30)15-8-9-18(34-5)19(10-15)35-6)20(36-7)24(23(2,3)4)11-16(27-28-25)13-29(24)22(32)33/h8-10,14,16,20,25H,11-13H2,1-7H3,(H-,26,31,32,33)/t14-,16+,20-,24-/m1/s1. The first-order chi connectivity index (χ1) is 16.9. The number of Topliss-reactive ketones (excluding diaryl/α,β-unsaturated/α-hetero) is 1. The molecule has 2 rings (SSSR count). The van der Waals surface area contributed by atoms with Gasteiger partial charge >= 0.3 is 0 Å². The SMILES string of the molecule is COc1ccc(C(=O)CNC(=O)[C@H](C)[C@@H](OC)[C@@]2(C(C)(C)C)C[C@H](N=[N+]=N)CN2C(=O)[O-])cc1OC. The molecule has 1 aliphatic heterocycles. The molecule has 0 unspecified atom stereocenters. The number of carboxylic acid groups (broad SMARTS) is 1. The van der Waals surface area contributed by atoms with Crippen molar-refractivity contribution in [3.63, 3.8) is 0 Å². The highest BCUT2D eigenvalue weighted by Gasteiger charge is 2.61. The van der Waals surface area contributed by atoms with Gasteiger partial charge < -0.3 is 34.3 Å². The van der Waals surface area contributed by atoms with E-state index in [2.05, 4.69) is 15.3 Å². The van der Waals surface area contributed by atoms with E-state index in [4.69, 9.17) is 19.7 Å². The number of ether oxygens (including phenoxy) is 3. The van der Waals surface area contributed by atoms with Gasteiger partial charge in [0.15, 0.2) is 23.3 Å². The summed E-state index contributed by atoms with van der Waals surface area (Å²) in [5.74, 6) is -0.815. The van der Waals surface area contributed by atoms with Crippen LogP contribution in [0.4, 0.5) is 4.79 Å². The molecule has 1 aromatic carbocycles. The Labute approximate surface area is 210 Å². The Morgan fingerprint density at radius 3 is 2.39 bits per heavy atom. The van der Waals surface area contributed by atoms with Crippen LogP contribution in [0, 0.1) is 16.9 Å². The molecule has 0 saturated carbocycles. The lowest BCUT2D eigenvalue weighted by atomic mass is 9.65. The quantitative estimate of drug-likeness (QED) is 0.275. The van der Waals surface area contributed by atoms with Crippen LogP contribution >= 0.6 is 0 Å². The van der Waals surface area contributed by atoms with Crippen molar-refractivity contribution in [3.8, 4) is 11.5 Å². The number of nitrogens with one attached hydrogen (secondary N) is 2. The molecule has 1 heterocycles. The van der Waals surface area contributed by atoms with E-state index in [1.165, 1.54) is 27.4 Å². The highest BCUT2D eigenvalue weighted by molar-refractivity contribution is 6.00. The first-order valence-electron chi connectivity index (χ1n) is 11.5. The molecule has 1 saturated heterocycles. The average Bonchev–Trinajstić information content (AvgIpc) is 3.23. The minimum Gasteiger partial charge on any atom is -0.530 e. The van der Waals surface area contributed by atoms with Crippen molar-refractivity contribution >= 4 is 17.8 Å². The molecule has 0 spiro atoms. The van der Waals surface area contributed by atoms with E-state index in [1.54, 1.807) is 19.1 Å². The molecule has 0 aliphatic carbocycles. The van der Waals surface area contributed by atoms with Crippen molar-refractivity contribution < 1.29 is 33.7 Å². The van der Waals surface area contributed by atoms with E-state index in [1.807, 2.05) is 20.8 Å². The molecule has 12 nitrogen and oxygen atoms in total. The molecule has 2 amide bonds. The van der Waals surface area contributed by atoms with Crippen molar-refractivity contribution in [1.29, 1.82) is 5.53 Å². The van der Waals surface area contributed by atoms with E-state index >= 15 is 0 Å². The Bertz CT molecular complexity index is 1030. The van der Waals surface area contributed by atoms with Crippen LogP contribution in [0.15, 0.2) is 23.3 Å². The van der Waals surface area contributed by atoms with Crippen LogP contribution in [0.3, 0.4) is 0 Å². The summed E-state index contributed by atoms with van der Waals surface area (Å²) in [6.45, 7) is 6.84. The fourth-order valence-electron chi connectivity index (χ4n) is 5.10. The van der Waals surface area contributed by atoms with E-state index in [9.17, 15) is 19.5 Å². The lowest BCUT2D eigenvalue weighted by molar-refractivity contribution is -0.277. The van der Waals surface area contributed by atoms with Gasteiger partial charge in [-0.1, -0.05) is 27.7 Å². The zero-order chi connectivity index (χ0) is 27.3. The number of carbonyl (C=O) groups is 3. The maximum Gasteiger partial charge on any atom is 0.225 e. The predicted octanol–water partition coefficient (Wildman–Crippen LogP) is 1.41. The van der Waals surface area contributed by atoms with Gasteiger partial charge in [0.1, 0.15) is 16.7 Å². The highest BCUT2D eigenvalue weighted by Crippen LogP contribution is 2.49. The van der Waals surface area contributed by atoms with Crippen LogP contribution in [-0.4, -0.2) is 74.8 Å². The van der Waals surface area contributed by atoms with E-state index < -0.39 is 41.0 Å². The normalized spacial score (nSPS) is 21.2. The lowest BCUT2D eigenvalue weighted by Gasteiger charge is -2.54. The maximum absolute atomic E-state index is 13.2. The topological polar surface area (TPSA) is 168 Å². The van der Waals surface area contributed by atoms with Crippen LogP contribution in [0.1, 0.15) is 44.5 Å². The monoisotopic (exact) mass is 505 g/mol. The van der Waals surface area contributed by atoms with Gasteiger partial charge in [-0.15, -0.1) is 0 Å². The van der Waals surface area contributed by atoms with E-state index in [0.29, 0.717) is 17.1 Å². The first kappa shape index (κ1) is 28.7. The Hall–Kier alpha value is -3.50. The summed E-state index contributed by atoms with van der Waals surface area (Å²) in [4.78, 5) is 42.3. The molecule has 12 heteroatoms. The second-order valence-electron chi connectivity index (χ2n) is 9.78. The molecular weight excluding hydrogens is 470 g/mol. The van der Waals surface area contributed by atoms with Gasteiger partial charge in [0.05, 0.1) is 38.3 Å². The van der Waals surface area contributed by atoms with Gasteiger partial charge in [0, 0.05) is 25.6 Å². The average molecular weight is 506 g/mol. The third kappa shape index (κ3) is 5.50. The van der Waals surface area contributed by atoms with Gasteiger partial charge in [-0.25, -0.2) is 0 Å². The molecule has 198 valence electrons. The Morgan fingerprint density at radius 1 is 1.25 bits per heavy atom. The molecule has 2 N–H and O–H groups in total. The van der Waals surface area contributed by atoms with E-state index in [0.717, 1.165) is 4.90 Å². The number of rotatable bonds is 10. The lowest BCUT2D eigenvalue weighted by Crippen LogP contribution is -2.67. The molecule has 1 aliphatic rings. The molecule has 1 aromatic rings. The summed E-state index contributed by atoms with van der Waals surface area (Å²) in [7, 11) is 4.35. The highest BCUT2D eigenvalue weighted by atomic mass is 16.5. The number of hydrogen-bond donors (Lipinski definition) is 2. The maximum atomic E-state index is 13.2. The molecule has 0 bridgehead atoms. The molecular formula is C24H35N5O7. The van der Waals surface area contributed by atoms with Crippen LogP contribution in [0.2, 0.25) is 0 Å². The molecule has 1 fully saturated rings. The van der Waals surface area contributed by atoms with Crippen molar-refractivity contribution in [2.75, 3.05) is 34.4 Å². The van der Waals surface area contributed by atoms with Crippen molar-refractivity contribution in [2.45, 2.75) is 51.8 Å². The molecule has 36 heavy (non-hydrogen) atoms. The summed E-state index contributed by atoms with van der Waals surface area (Å²) < 4.78 is 16.2. The second kappa shape index (κ2) is 11.5. The largest absolute Gasteiger partial charge is 0.530 e. The summed E-state index contributed by atoms with van der Waals surface area (Å²) in [5, 5.41) is 18.7. The Morgan fingerprint density at radius 2 is 1.89 bits per heavy atom. The summed E-state index contributed by atoms with van der Waals surface area (Å²) >= 11 is 0. The Kier molecular flexibility index (Phi) is 9.17. The fourth-order valence-corrected chi connectivity index (χ4v) is 5.10. The zero-order valence-electron chi connectivity index (χ0n) is 21.8. The number of methoxy groups -OCH3 is 3. The number of hydrogen-bond acceptors (Lipinski definition) is 9. The van der Waals surface area contributed by atoms with Crippen LogP contribution in [-0.2, 0) is 9.53 Å². The summed E-state index contributed by atoms with van der Waals surface area (Å²) in [6.07, 6.45) is -2.14. The van der Waals surface area contributed by atoms with Gasteiger partial charge in [0.25, 0.3) is 0 Å². The van der Waals surface area contributed by atoms with Crippen LogP contribution < -0.4 is 24.8 Å². The van der Waals surface area contributed by atoms with Gasteiger partial charge in [-0.05, 0) is 23.6 Å². The van der Waals surface area contributed by atoms with Crippen molar-refractivity contribution in [3.05, 3.63) is 23.8 Å². The Balaban J connectivity index is 2.29. The van der Waals surface area contributed by atoms with Crippen molar-refractivity contribution in [1.82, 2.24) is 15.1 Å². The van der Waals surface area contributed by atoms with Crippen molar-refractivity contribution in [2.24, 2.45) is 16.4 Å². The van der Waals surface area contributed by atoms with Gasteiger partial charge in [-0.2, -0.15) is 0 Å². The third-order valence-corrected chi connectivity index (χ3v) is 6.88. The molecule has 4 atom stereocenters. The van der Waals surface area contributed by atoms with Gasteiger partial charge in [0.2, 0.25) is 10.8 Å². The summed E-state index contributed by atoms with van der Waals surface area (Å²) in [6, 6.07) is 4.12. The number of ketones is 1. The minimum atomic E-state index is -1.43. The van der Waals surface area contributed by atoms with E-state index in [-0.39, 0.29) is 25.3 Å². The molecule has 0 aromatic heterocycles. The summed E-state index contributed by atoms with van der Waals surface area (Å²) in [5.41, 5.74) is 5.50. The second-order valence-corrected chi connectivity index (χ2v) is 9.78. The smallest absolute Gasteiger partial charge is 0.225 e. The number of nitrogens with zero attached hydrogens (tertiary/aromatic N) is 3. The first-order valence-corrected chi connectivity index (χ1v) is 11.5. The number of carbonyl (C=O) groups excluding carboxylic acids is 3. The number of likely N-dealkylation sites (tertiary alicyclic amines) is 1. The minimum absolute atomic E-state index is 0.0338. The zero-order valence-corrected chi connectivity index (χ0v) is 21.8. The molecule has 0 radical (unpaired) electrons.